The molecule has 0 aliphatic rings. The van der Waals surface area contributed by atoms with Gasteiger partial charge in [0.15, 0.2) is 0 Å². The SMILES string of the molecule is NS(=O)(=O)c1ccc(O)cc1.[H-].[Na+]. The molecule has 3 N–H and O–H groups in total. The molecule has 0 aromatic heterocycles. The van der Waals surface area contributed by atoms with E-state index in [1.165, 1.54) is 24.3 Å². The molecule has 62 valence electrons. The van der Waals surface area contributed by atoms with Crippen LogP contribution in [0, 0.1) is 0 Å². The molecule has 1 rings (SSSR count). The van der Waals surface area contributed by atoms with Gasteiger partial charge < -0.3 is 6.53 Å². The van der Waals surface area contributed by atoms with Gasteiger partial charge in [-0.1, -0.05) is 0 Å². The Morgan fingerprint density at radius 1 is 1.25 bits per heavy atom. The third-order valence-electron chi connectivity index (χ3n) is 1.17. The molecule has 0 aliphatic carbocycles. The standard InChI is InChI=1S/C6H7NO3S.Na.H/c7-11(9,10)6-3-1-5(8)2-4-6;;/h1-4,8H,(H2,7,9,10);;/q;+1;-1. The maximum absolute atomic E-state index is 10.6. The molecule has 0 radical (unpaired) electrons. The maximum Gasteiger partial charge on any atom is 1.00 e. The molecule has 4 nitrogen and oxygen atoms in total. The minimum absolute atomic E-state index is 0. The summed E-state index contributed by atoms with van der Waals surface area (Å²) in [7, 11) is -3.63. The second kappa shape index (κ2) is 4.25. The Morgan fingerprint density at radius 3 is 2.00 bits per heavy atom. The summed E-state index contributed by atoms with van der Waals surface area (Å²) in [6.07, 6.45) is 0. The number of hydrogen-bond acceptors (Lipinski definition) is 3. The smallest absolute Gasteiger partial charge is 1.00 e. The summed E-state index contributed by atoms with van der Waals surface area (Å²) >= 11 is 0. The summed E-state index contributed by atoms with van der Waals surface area (Å²) < 4.78 is 21.3. The van der Waals surface area contributed by atoms with Crippen molar-refractivity contribution in [3.05, 3.63) is 24.3 Å². The molecule has 0 saturated carbocycles. The number of benzene rings is 1. The molecule has 0 amide bonds. The van der Waals surface area contributed by atoms with Gasteiger partial charge in [0, 0.05) is 0 Å². The van der Waals surface area contributed by atoms with E-state index in [2.05, 4.69) is 0 Å². The fourth-order valence-electron chi connectivity index (χ4n) is 0.636. The van der Waals surface area contributed by atoms with Crippen LogP contribution in [0.4, 0.5) is 0 Å². The Hall–Kier alpha value is -0.0700. The van der Waals surface area contributed by atoms with Crippen molar-refractivity contribution in [3.63, 3.8) is 0 Å². The molecule has 12 heavy (non-hydrogen) atoms. The van der Waals surface area contributed by atoms with E-state index in [-0.39, 0.29) is 41.6 Å². The van der Waals surface area contributed by atoms with Gasteiger partial charge >= 0.3 is 29.6 Å². The van der Waals surface area contributed by atoms with Crippen LogP contribution in [0.25, 0.3) is 0 Å². The largest absolute Gasteiger partial charge is 1.00 e. The van der Waals surface area contributed by atoms with Crippen molar-refractivity contribution < 1.29 is 44.5 Å². The van der Waals surface area contributed by atoms with Crippen LogP contribution in [-0.2, 0) is 10.0 Å². The Bertz CT molecular complexity index is 351. The molecule has 0 atom stereocenters. The molecule has 0 unspecified atom stereocenters. The number of hydrogen-bond donors (Lipinski definition) is 2. The van der Waals surface area contributed by atoms with Crippen LogP contribution < -0.4 is 34.7 Å². The Morgan fingerprint density at radius 2 is 1.67 bits per heavy atom. The second-order valence-electron chi connectivity index (χ2n) is 2.04. The number of sulfonamides is 1. The molecule has 0 heterocycles. The van der Waals surface area contributed by atoms with Gasteiger partial charge in [-0.05, 0) is 24.3 Å². The monoisotopic (exact) mass is 197 g/mol. The van der Waals surface area contributed by atoms with Crippen LogP contribution in [0.5, 0.6) is 5.75 Å². The first-order chi connectivity index (χ1) is 5.00. The van der Waals surface area contributed by atoms with Crippen molar-refractivity contribution in [1.29, 1.82) is 0 Å². The number of phenols is 1. The van der Waals surface area contributed by atoms with Crippen molar-refractivity contribution in [2.45, 2.75) is 4.90 Å². The molecule has 1 aromatic carbocycles. The molecule has 0 bridgehead atoms. The Balaban J connectivity index is 0. The predicted molar refractivity (Wildman–Crippen MR) is 40.6 cm³/mol. The minimum Gasteiger partial charge on any atom is -1.00 e. The number of aromatic hydroxyl groups is 1. The van der Waals surface area contributed by atoms with Gasteiger partial charge in [-0.3, -0.25) is 0 Å². The van der Waals surface area contributed by atoms with Gasteiger partial charge in [0.25, 0.3) is 0 Å². The van der Waals surface area contributed by atoms with E-state index in [4.69, 9.17) is 10.2 Å². The quantitative estimate of drug-likeness (QED) is 0.476. The van der Waals surface area contributed by atoms with Gasteiger partial charge in [0.2, 0.25) is 10.0 Å². The average molecular weight is 197 g/mol. The van der Waals surface area contributed by atoms with Crippen LogP contribution in [0.3, 0.4) is 0 Å². The van der Waals surface area contributed by atoms with Crippen molar-refractivity contribution in [2.24, 2.45) is 5.14 Å². The molecule has 6 heteroatoms. The van der Waals surface area contributed by atoms with E-state index >= 15 is 0 Å². The van der Waals surface area contributed by atoms with E-state index in [1.54, 1.807) is 0 Å². The van der Waals surface area contributed by atoms with E-state index in [0.717, 1.165) is 0 Å². The van der Waals surface area contributed by atoms with E-state index in [0.29, 0.717) is 0 Å². The molecule has 0 saturated heterocycles. The normalized spacial score (nSPS) is 10.4. The molecule has 0 fully saturated rings. The zero-order chi connectivity index (χ0) is 8.48. The first-order valence-corrected chi connectivity index (χ1v) is 4.36. The molecule has 0 spiro atoms. The van der Waals surface area contributed by atoms with E-state index in [9.17, 15) is 8.42 Å². The Kier molecular flexibility index (Phi) is 4.22. The summed E-state index contributed by atoms with van der Waals surface area (Å²) in [6.45, 7) is 0. The first kappa shape index (κ1) is 11.9. The van der Waals surface area contributed by atoms with Crippen LogP contribution in [0.2, 0.25) is 0 Å². The number of nitrogens with two attached hydrogens (primary N) is 1. The van der Waals surface area contributed by atoms with Gasteiger partial charge in [-0.15, -0.1) is 0 Å². The summed E-state index contributed by atoms with van der Waals surface area (Å²) in [5.74, 6) is 0.0115. The first-order valence-electron chi connectivity index (χ1n) is 2.82. The Labute approximate surface area is 94.2 Å². The number of phenolic OH excluding ortho intramolecular Hbond substituents is 1. The average Bonchev–Trinajstić information content (AvgIpc) is 1.86. The van der Waals surface area contributed by atoms with E-state index in [1.807, 2.05) is 0 Å². The van der Waals surface area contributed by atoms with Crippen molar-refractivity contribution >= 4 is 10.0 Å². The van der Waals surface area contributed by atoms with Gasteiger partial charge in [0.1, 0.15) is 5.75 Å². The zero-order valence-corrected chi connectivity index (χ0v) is 9.38. The van der Waals surface area contributed by atoms with Crippen LogP contribution >= 0.6 is 0 Å². The third-order valence-corrected chi connectivity index (χ3v) is 2.09. The molecule has 0 aliphatic heterocycles. The summed E-state index contributed by atoms with van der Waals surface area (Å²) in [4.78, 5) is -0.00435. The summed E-state index contributed by atoms with van der Waals surface area (Å²) in [6, 6.07) is 5.01. The topological polar surface area (TPSA) is 80.4 Å². The molecular weight excluding hydrogens is 189 g/mol. The third kappa shape index (κ3) is 3.12. The second-order valence-corrected chi connectivity index (χ2v) is 3.60. The van der Waals surface area contributed by atoms with Crippen LogP contribution in [-0.4, -0.2) is 13.5 Å². The van der Waals surface area contributed by atoms with Gasteiger partial charge in [-0.25, -0.2) is 13.6 Å². The minimum atomic E-state index is -3.63. The fourth-order valence-corrected chi connectivity index (χ4v) is 1.15. The molecule has 1 aromatic rings. The zero-order valence-electron chi connectivity index (χ0n) is 7.56. The van der Waals surface area contributed by atoms with Crippen molar-refractivity contribution in [1.82, 2.24) is 0 Å². The predicted octanol–water partition coefficient (Wildman–Crippen LogP) is -2.84. The number of rotatable bonds is 1. The van der Waals surface area contributed by atoms with Crippen molar-refractivity contribution in [2.75, 3.05) is 0 Å². The van der Waals surface area contributed by atoms with Gasteiger partial charge in [0.05, 0.1) is 4.90 Å². The number of primary sulfonamides is 1. The van der Waals surface area contributed by atoms with Crippen molar-refractivity contribution in [3.8, 4) is 5.75 Å². The summed E-state index contributed by atoms with van der Waals surface area (Å²) in [5.41, 5.74) is 0. The van der Waals surface area contributed by atoms with Gasteiger partial charge in [-0.2, -0.15) is 0 Å². The molecular formula is C6H8NNaO3S. The van der Waals surface area contributed by atoms with Crippen LogP contribution in [0.1, 0.15) is 1.43 Å². The van der Waals surface area contributed by atoms with Crippen LogP contribution in [0.15, 0.2) is 29.2 Å². The maximum atomic E-state index is 10.6. The summed E-state index contributed by atoms with van der Waals surface area (Å²) in [5, 5.41) is 13.6. The fraction of sp³-hybridized carbons (Fsp3) is 0. The van der Waals surface area contributed by atoms with E-state index < -0.39 is 10.0 Å².